The van der Waals surface area contributed by atoms with Crippen LogP contribution in [0.5, 0.6) is 5.75 Å². The van der Waals surface area contributed by atoms with Gasteiger partial charge in [0.25, 0.3) is 0 Å². The molecule has 1 aliphatic rings. The second kappa shape index (κ2) is 7.43. The number of nitrogens with zero attached hydrogens (tertiary/aromatic N) is 1. The Morgan fingerprint density at radius 2 is 2.14 bits per heavy atom. The first-order valence-corrected chi connectivity index (χ1v) is 7.51. The summed E-state index contributed by atoms with van der Waals surface area (Å²) >= 11 is 0. The molecule has 0 aromatic heterocycles. The normalized spacial score (nSPS) is 22.8. The predicted octanol–water partition coefficient (Wildman–Crippen LogP) is 1.73. The first kappa shape index (κ1) is 15.8. The van der Waals surface area contributed by atoms with Gasteiger partial charge in [-0.2, -0.15) is 0 Å². The van der Waals surface area contributed by atoms with E-state index in [4.69, 9.17) is 4.74 Å². The number of β-amino-alcohol motifs (C(OH)–C–C–N with tert-alkyl or cyclic N) is 1. The van der Waals surface area contributed by atoms with Crippen LogP contribution in [0, 0.1) is 5.92 Å². The predicted molar refractivity (Wildman–Crippen MR) is 82.5 cm³/mol. The Morgan fingerprint density at radius 3 is 2.76 bits per heavy atom. The van der Waals surface area contributed by atoms with Crippen molar-refractivity contribution in [2.45, 2.75) is 26.4 Å². The van der Waals surface area contributed by atoms with Gasteiger partial charge in [0, 0.05) is 12.2 Å². The summed E-state index contributed by atoms with van der Waals surface area (Å²) in [5.41, 5.74) is 0.759. The average molecular weight is 292 g/mol. The summed E-state index contributed by atoms with van der Waals surface area (Å²) < 4.78 is 5.36. The zero-order valence-electron chi connectivity index (χ0n) is 12.7. The van der Waals surface area contributed by atoms with Gasteiger partial charge in [-0.25, -0.2) is 0 Å². The van der Waals surface area contributed by atoms with E-state index in [0.717, 1.165) is 24.4 Å². The first-order valence-electron chi connectivity index (χ1n) is 7.51. The van der Waals surface area contributed by atoms with Crippen molar-refractivity contribution in [2.75, 3.05) is 31.6 Å². The number of rotatable bonds is 5. The van der Waals surface area contributed by atoms with Gasteiger partial charge in [-0.1, -0.05) is 6.92 Å². The maximum Gasteiger partial charge on any atom is 0.238 e. The highest BCUT2D eigenvalue weighted by atomic mass is 16.5. The number of anilines is 1. The van der Waals surface area contributed by atoms with Crippen LogP contribution in [-0.2, 0) is 4.79 Å². The summed E-state index contributed by atoms with van der Waals surface area (Å²) in [6.45, 7) is 6.34. The fourth-order valence-electron chi connectivity index (χ4n) is 2.46. The van der Waals surface area contributed by atoms with Gasteiger partial charge in [0.1, 0.15) is 5.75 Å². The molecular weight excluding hydrogens is 268 g/mol. The minimum atomic E-state index is -0.336. The fraction of sp³-hybridized carbons (Fsp3) is 0.562. The Hall–Kier alpha value is -1.59. The monoisotopic (exact) mass is 292 g/mol. The average Bonchev–Trinajstić information content (AvgIpc) is 2.45. The number of hydrogen-bond donors (Lipinski definition) is 2. The molecule has 2 rings (SSSR count). The lowest BCUT2D eigenvalue weighted by molar-refractivity contribution is -0.118. The number of aliphatic hydroxyl groups excluding tert-OH is 1. The number of benzene rings is 1. The van der Waals surface area contributed by atoms with E-state index in [0.29, 0.717) is 25.6 Å². The molecule has 0 spiro atoms. The summed E-state index contributed by atoms with van der Waals surface area (Å²) in [4.78, 5) is 14.0. The molecule has 1 heterocycles. The van der Waals surface area contributed by atoms with Crippen molar-refractivity contribution in [1.82, 2.24) is 4.90 Å². The number of ether oxygens (including phenoxy) is 1. The summed E-state index contributed by atoms with van der Waals surface area (Å²) in [6.07, 6.45) is 0.592. The smallest absolute Gasteiger partial charge is 0.238 e. The third-order valence-electron chi connectivity index (χ3n) is 3.82. The van der Waals surface area contributed by atoms with Crippen LogP contribution >= 0.6 is 0 Å². The molecular formula is C16H24N2O3. The van der Waals surface area contributed by atoms with Crippen molar-refractivity contribution in [3.63, 3.8) is 0 Å². The van der Waals surface area contributed by atoms with Crippen LogP contribution in [-0.4, -0.2) is 48.3 Å². The Morgan fingerprint density at radius 1 is 1.43 bits per heavy atom. The standard InChI is InChI=1S/C16H24N2O3/c1-3-21-14-6-4-13(5-7-14)17-16(20)11-18-9-8-12(2)15(19)10-18/h4-7,12,15,19H,3,8-11H2,1-2H3,(H,17,20). The van der Waals surface area contributed by atoms with Gasteiger partial charge >= 0.3 is 0 Å². The van der Waals surface area contributed by atoms with Crippen molar-refractivity contribution in [3.8, 4) is 5.75 Å². The Labute approximate surface area is 125 Å². The van der Waals surface area contributed by atoms with E-state index < -0.39 is 0 Å². The Balaban J connectivity index is 1.81. The van der Waals surface area contributed by atoms with E-state index in [9.17, 15) is 9.90 Å². The van der Waals surface area contributed by atoms with E-state index in [1.165, 1.54) is 0 Å². The van der Waals surface area contributed by atoms with Crippen LogP contribution in [0.1, 0.15) is 20.3 Å². The molecule has 1 fully saturated rings. The quantitative estimate of drug-likeness (QED) is 0.867. The zero-order chi connectivity index (χ0) is 15.2. The largest absolute Gasteiger partial charge is 0.494 e. The molecule has 2 unspecified atom stereocenters. The SMILES string of the molecule is CCOc1ccc(NC(=O)CN2CCC(C)C(O)C2)cc1. The van der Waals surface area contributed by atoms with Gasteiger partial charge in [0.15, 0.2) is 0 Å². The number of amides is 1. The maximum atomic E-state index is 12.0. The molecule has 0 radical (unpaired) electrons. The Kier molecular flexibility index (Phi) is 5.59. The van der Waals surface area contributed by atoms with Crippen molar-refractivity contribution in [1.29, 1.82) is 0 Å². The van der Waals surface area contributed by atoms with Crippen molar-refractivity contribution in [2.24, 2.45) is 5.92 Å². The summed E-state index contributed by atoms with van der Waals surface area (Å²) in [7, 11) is 0. The van der Waals surface area contributed by atoms with E-state index in [1.54, 1.807) is 0 Å². The third kappa shape index (κ3) is 4.72. The number of likely N-dealkylation sites (tertiary alicyclic amines) is 1. The van der Waals surface area contributed by atoms with Gasteiger partial charge in [-0.15, -0.1) is 0 Å². The van der Waals surface area contributed by atoms with E-state index >= 15 is 0 Å². The van der Waals surface area contributed by atoms with Crippen LogP contribution in [0.15, 0.2) is 24.3 Å². The van der Waals surface area contributed by atoms with Crippen LogP contribution in [0.2, 0.25) is 0 Å². The second-order valence-electron chi connectivity index (χ2n) is 5.57. The van der Waals surface area contributed by atoms with Crippen molar-refractivity contribution < 1.29 is 14.6 Å². The first-order chi connectivity index (χ1) is 10.1. The van der Waals surface area contributed by atoms with Crippen LogP contribution in [0.4, 0.5) is 5.69 Å². The highest BCUT2D eigenvalue weighted by Gasteiger charge is 2.25. The van der Waals surface area contributed by atoms with Crippen LogP contribution < -0.4 is 10.1 Å². The highest BCUT2D eigenvalue weighted by Crippen LogP contribution is 2.18. The van der Waals surface area contributed by atoms with Gasteiger partial charge < -0.3 is 15.2 Å². The van der Waals surface area contributed by atoms with Gasteiger partial charge in [-0.3, -0.25) is 9.69 Å². The molecule has 1 aromatic rings. The van der Waals surface area contributed by atoms with Gasteiger partial charge in [-0.05, 0) is 50.1 Å². The summed E-state index contributed by atoms with van der Waals surface area (Å²) in [5, 5.41) is 12.7. The third-order valence-corrected chi connectivity index (χ3v) is 3.82. The maximum absolute atomic E-state index is 12.0. The van der Waals surface area contributed by atoms with Crippen LogP contribution in [0.3, 0.4) is 0 Å². The number of nitrogens with one attached hydrogen (secondary N) is 1. The second-order valence-corrected chi connectivity index (χ2v) is 5.57. The summed E-state index contributed by atoms with van der Waals surface area (Å²) in [6, 6.07) is 7.34. The van der Waals surface area contributed by atoms with E-state index in [2.05, 4.69) is 5.32 Å². The zero-order valence-corrected chi connectivity index (χ0v) is 12.7. The van der Waals surface area contributed by atoms with E-state index in [1.807, 2.05) is 43.0 Å². The van der Waals surface area contributed by atoms with Crippen molar-refractivity contribution in [3.05, 3.63) is 24.3 Å². The highest BCUT2D eigenvalue weighted by molar-refractivity contribution is 5.92. The molecule has 116 valence electrons. The molecule has 0 bridgehead atoms. The molecule has 1 amide bonds. The number of piperidine rings is 1. The van der Waals surface area contributed by atoms with Gasteiger partial charge in [0.05, 0.1) is 19.3 Å². The minimum absolute atomic E-state index is 0.0547. The molecule has 5 nitrogen and oxygen atoms in total. The molecule has 5 heteroatoms. The van der Waals surface area contributed by atoms with Gasteiger partial charge in [0.2, 0.25) is 5.91 Å². The molecule has 1 aliphatic heterocycles. The van der Waals surface area contributed by atoms with E-state index in [-0.39, 0.29) is 12.0 Å². The molecule has 0 saturated carbocycles. The summed E-state index contributed by atoms with van der Waals surface area (Å²) in [5.74, 6) is 1.06. The lowest BCUT2D eigenvalue weighted by atomic mass is 9.96. The van der Waals surface area contributed by atoms with Crippen LogP contribution in [0.25, 0.3) is 0 Å². The molecule has 21 heavy (non-hydrogen) atoms. The lowest BCUT2D eigenvalue weighted by Crippen LogP contribution is -2.45. The molecule has 1 aromatic carbocycles. The number of hydrogen-bond acceptors (Lipinski definition) is 4. The minimum Gasteiger partial charge on any atom is -0.494 e. The Bertz CT molecular complexity index is 461. The molecule has 1 saturated heterocycles. The lowest BCUT2D eigenvalue weighted by Gasteiger charge is -2.33. The molecule has 0 aliphatic carbocycles. The topological polar surface area (TPSA) is 61.8 Å². The number of aliphatic hydroxyl groups is 1. The number of carbonyl (C=O) groups is 1. The molecule has 2 atom stereocenters. The number of carbonyl (C=O) groups excluding carboxylic acids is 1. The van der Waals surface area contributed by atoms with Crippen molar-refractivity contribution >= 4 is 11.6 Å². The molecule has 2 N–H and O–H groups in total. The fourth-order valence-corrected chi connectivity index (χ4v) is 2.46.